The number of alkyl halides is 3. The number of rotatable bonds is 9. The van der Waals surface area contributed by atoms with Crippen LogP contribution in [0.1, 0.15) is 58.2 Å². The van der Waals surface area contributed by atoms with E-state index in [2.05, 4.69) is 20.5 Å². The Labute approximate surface area is 234 Å². The van der Waals surface area contributed by atoms with Crippen LogP contribution in [0.2, 0.25) is 0 Å². The van der Waals surface area contributed by atoms with Gasteiger partial charge in [0.25, 0.3) is 0 Å². The summed E-state index contributed by atoms with van der Waals surface area (Å²) < 4.78 is 50.6. The second-order valence-corrected chi connectivity index (χ2v) is 11.1. The average Bonchev–Trinajstić information content (AvgIpc) is 3.61. The number of hydrogen-bond donors (Lipinski definition) is 3. The minimum atomic E-state index is -4.59. The number of aliphatic hydroxyl groups excluding tert-OH is 1. The number of hydrogen-bond acceptors (Lipinski definition) is 8. The van der Waals surface area contributed by atoms with Crippen molar-refractivity contribution in [1.82, 2.24) is 34.3 Å². The summed E-state index contributed by atoms with van der Waals surface area (Å²) >= 11 is 0. The van der Waals surface area contributed by atoms with Crippen molar-refractivity contribution < 1.29 is 28.1 Å². The first-order chi connectivity index (χ1) is 19.3. The molecule has 0 saturated heterocycles. The molecule has 11 nitrogen and oxygen atoms in total. The van der Waals surface area contributed by atoms with Crippen molar-refractivity contribution in [1.29, 1.82) is 0 Å². The Balaban J connectivity index is 1.39. The molecule has 0 bridgehead atoms. The number of halogens is 3. The Bertz CT molecular complexity index is 1500. The predicted octanol–water partition coefficient (Wildman–Crippen LogP) is 4.17. The summed E-state index contributed by atoms with van der Waals surface area (Å²) in [6.45, 7) is 5.88. The molecule has 5 rings (SSSR count). The fourth-order valence-corrected chi connectivity index (χ4v) is 5.12. The molecule has 3 N–H and O–H groups in total. The van der Waals surface area contributed by atoms with Crippen molar-refractivity contribution in [3.8, 4) is 17.0 Å². The van der Waals surface area contributed by atoms with Crippen LogP contribution in [0, 0.1) is 0 Å². The number of fused-ring (bicyclic) bond motifs is 1. The lowest BCUT2D eigenvalue weighted by atomic mass is 9.93. The van der Waals surface area contributed by atoms with Gasteiger partial charge in [-0.3, -0.25) is 14.0 Å². The molecule has 0 aliphatic heterocycles. The molecule has 41 heavy (non-hydrogen) atoms. The van der Waals surface area contributed by atoms with Gasteiger partial charge in [-0.1, -0.05) is 0 Å². The summed E-state index contributed by atoms with van der Waals surface area (Å²) in [6, 6.07) is 1.96. The van der Waals surface area contributed by atoms with E-state index >= 15 is 0 Å². The minimum absolute atomic E-state index is 0.00557. The first-order valence-corrected chi connectivity index (χ1v) is 13.7. The maximum Gasteiger partial charge on any atom is 0.438 e. The standard InChI is InChI=1S/C27H35F3N8O3/c1-5-31-23-10-20-19(12-32-23)24(16-11-33-37(13-16)15-22(39)26(2,3)40)34-38(20)17-6-8-18(9-7-17)41-21-14-36(4)35-25(21)27(28,29)30/h10-14,17-18,22,39-40H,5-9,15H2,1-4H3,(H,31,32)/t17?,18?,22-/m1/s1. The largest absolute Gasteiger partial charge is 0.486 e. The van der Waals surface area contributed by atoms with Gasteiger partial charge in [0.15, 0.2) is 5.75 Å². The highest BCUT2D eigenvalue weighted by Gasteiger charge is 2.39. The third kappa shape index (κ3) is 6.17. The van der Waals surface area contributed by atoms with Gasteiger partial charge in [0.1, 0.15) is 17.6 Å². The van der Waals surface area contributed by atoms with Crippen LogP contribution in [0.15, 0.2) is 30.9 Å². The average molecular weight is 577 g/mol. The summed E-state index contributed by atoms with van der Waals surface area (Å²) in [5.74, 6) is 0.466. The lowest BCUT2D eigenvalue weighted by molar-refractivity contribution is -0.143. The molecule has 14 heteroatoms. The van der Waals surface area contributed by atoms with Crippen molar-refractivity contribution in [2.75, 3.05) is 11.9 Å². The zero-order chi connectivity index (χ0) is 29.5. The second-order valence-electron chi connectivity index (χ2n) is 11.1. The van der Waals surface area contributed by atoms with Crippen molar-refractivity contribution >= 4 is 16.7 Å². The summed E-state index contributed by atoms with van der Waals surface area (Å²) in [5.41, 5.74) is 0.0159. The molecule has 0 spiro atoms. The van der Waals surface area contributed by atoms with E-state index in [4.69, 9.17) is 9.84 Å². The van der Waals surface area contributed by atoms with E-state index in [9.17, 15) is 23.4 Å². The summed E-state index contributed by atoms with van der Waals surface area (Å²) in [4.78, 5) is 4.53. The summed E-state index contributed by atoms with van der Waals surface area (Å²) in [7, 11) is 1.44. The van der Waals surface area contributed by atoms with Gasteiger partial charge in [-0.15, -0.1) is 0 Å². The zero-order valence-corrected chi connectivity index (χ0v) is 23.4. The molecular formula is C27H35F3N8O3. The lowest BCUT2D eigenvalue weighted by Gasteiger charge is -2.29. The molecule has 0 radical (unpaired) electrons. The van der Waals surface area contributed by atoms with Crippen LogP contribution in [0.5, 0.6) is 5.75 Å². The van der Waals surface area contributed by atoms with Crippen molar-refractivity contribution in [3.63, 3.8) is 0 Å². The molecule has 1 fully saturated rings. The first-order valence-electron chi connectivity index (χ1n) is 13.7. The number of ether oxygens (including phenoxy) is 1. The first kappa shape index (κ1) is 28.9. The summed E-state index contributed by atoms with van der Waals surface area (Å²) in [6.07, 6.45) is 2.96. The van der Waals surface area contributed by atoms with E-state index in [-0.39, 0.29) is 24.4 Å². The van der Waals surface area contributed by atoms with Crippen LogP contribution >= 0.6 is 0 Å². The van der Waals surface area contributed by atoms with Gasteiger partial charge in [-0.05, 0) is 46.5 Å². The number of aryl methyl sites for hydroxylation is 1. The van der Waals surface area contributed by atoms with Crippen molar-refractivity contribution in [3.05, 3.63) is 36.5 Å². The zero-order valence-electron chi connectivity index (χ0n) is 23.4. The van der Waals surface area contributed by atoms with Crippen LogP contribution in [0.4, 0.5) is 19.0 Å². The SMILES string of the molecule is CCNc1cc2c(cn1)c(-c1cnn(C[C@@H](O)C(C)(C)O)c1)nn2C1CCC(Oc2cn(C)nc2C(F)(F)F)CC1. The number of pyridine rings is 1. The third-order valence-corrected chi connectivity index (χ3v) is 7.38. The van der Waals surface area contributed by atoms with E-state index in [1.54, 1.807) is 23.3 Å². The van der Waals surface area contributed by atoms with Gasteiger partial charge in [-0.2, -0.15) is 28.5 Å². The molecule has 4 aromatic heterocycles. The molecule has 222 valence electrons. The van der Waals surface area contributed by atoms with E-state index in [1.165, 1.54) is 27.1 Å². The Kier molecular flexibility index (Phi) is 7.72. The lowest BCUT2D eigenvalue weighted by Crippen LogP contribution is -2.39. The highest BCUT2D eigenvalue weighted by molar-refractivity contribution is 5.93. The number of nitrogens with zero attached hydrogens (tertiary/aromatic N) is 7. The van der Waals surface area contributed by atoms with Gasteiger partial charge in [0.05, 0.1) is 42.2 Å². The van der Waals surface area contributed by atoms with Crippen molar-refractivity contribution in [2.45, 2.75) is 83.0 Å². The molecule has 0 aromatic carbocycles. The monoisotopic (exact) mass is 576 g/mol. The smallest absolute Gasteiger partial charge is 0.438 e. The van der Waals surface area contributed by atoms with E-state index in [0.29, 0.717) is 43.7 Å². The molecule has 1 atom stereocenters. The fraction of sp³-hybridized carbons (Fsp3) is 0.556. The van der Waals surface area contributed by atoms with Gasteiger partial charge in [0, 0.05) is 43.0 Å². The third-order valence-electron chi connectivity index (χ3n) is 7.38. The highest BCUT2D eigenvalue weighted by atomic mass is 19.4. The molecule has 1 aliphatic carbocycles. The topological polar surface area (TPSA) is 128 Å². The molecule has 0 amide bonds. The van der Waals surface area contributed by atoms with Gasteiger partial charge in [-0.25, -0.2) is 4.98 Å². The molecule has 1 aliphatic rings. The van der Waals surface area contributed by atoms with Gasteiger partial charge >= 0.3 is 6.18 Å². The summed E-state index contributed by atoms with van der Waals surface area (Å²) in [5, 5.41) is 37.3. The number of aliphatic hydroxyl groups is 2. The molecule has 0 unspecified atom stereocenters. The molecule has 4 heterocycles. The van der Waals surface area contributed by atoms with Crippen LogP contribution < -0.4 is 10.1 Å². The van der Waals surface area contributed by atoms with Gasteiger partial charge < -0.3 is 20.3 Å². The van der Waals surface area contributed by atoms with Crippen LogP contribution in [0.25, 0.3) is 22.2 Å². The Hall–Kier alpha value is -3.65. The van der Waals surface area contributed by atoms with Crippen LogP contribution in [-0.2, 0) is 19.8 Å². The minimum Gasteiger partial charge on any atom is -0.486 e. The van der Waals surface area contributed by atoms with Crippen LogP contribution in [-0.4, -0.2) is 68.9 Å². The van der Waals surface area contributed by atoms with Crippen LogP contribution in [0.3, 0.4) is 0 Å². The Morgan fingerprint density at radius 2 is 1.85 bits per heavy atom. The molecule has 4 aromatic rings. The van der Waals surface area contributed by atoms with Gasteiger partial charge in [0.2, 0.25) is 5.69 Å². The van der Waals surface area contributed by atoms with E-state index in [1.807, 2.05) is 17.7 Å². The molecular weight excluding hydrogens is 541 g/mol. The number of nitrogens with one attached hydrogen (secondary N) is 1. The maximum absolute atomic E-state index is 13.4. The Morgan fingerprint density at radius 3 is 2.51 bits per heavy atom. The van der Waals surface area contributed by atoms with E-state index < -0.39 is 23.6 Å². The predicted molar refractivity (Wildman–Crippen MR) is 145 cm³/mol. The van der Waals surface area contributed by atoms with Crippen molar-refractivity contribution in [2.24, 2.45) is 7.05 Å². The quantitative estimate of drug-likeness (QED) is 0.271. The molecule has 1 saturated carbocycles. The number of anilines is 1. The fourth-order valence-electron chi connectivity index (χ4n) is 5.12. The maximum atomic E-state index is 13.4. The van der Waals surface area contributed by atoms with E-state index in [0.717, 1.165) is 21.1 Å². The second kappa shape index (κ2) is 11.0. The highest BCUT2D eigenvalue weighted by Crippen LogP contribution is 2.39. The normalized spacial score (nSPS) is 19.0. The number of aromatic nitrogens is 7. The Morgan fingerprint density at radius 1 is 1.12 bits per heavy atom.